The van der Waals surface area contributed by atoms with Gasteiger partial charge in [-0.1, -0.05) is 12.1 Å². The fraction of sp³-hybridized carbons (Fsp3) is 0.375. The van der Waals surface area contributed by atoms with Crippen molar-refractivity contribution in [2.24, 2.45) is 0 Å². The maximum Gasteiger partial charge on any atom is 0.144 e. The minimum Gasteiger partial charge on any atom is -0.365 e. The van der Waals surface area contributed by atoms with Crippen LogP contribution in [0.5, 0.6) is 0 Å². The van der Waals surface area contributed by atoms with E-state index in [1.807, 2.05) is 12.3 Å². The Morgan fingerprint density at radius 2 is 2.24 bits per heavy atom. The first kappa shape index (κ1) is 13.9. The summed E-state index contributed by atoms with van der Waals surface area (Å²) in [5, 5.41) is 6.54. The second-order valence-electron chi connectivity index (χ2n) is 5.35. The Morgan fingerprint density at radius 1 is 1.29 bits per heavy atom. The van der Waals surface area contributed by atoms with E-state index in [2.05, 4.69) is 20.6 Å². The van der Waals surface area contributed by atoms with Crippen molar-refractivity contribution in [3.63, 3.8) is 0 Å². The summed E-state index contributed by atoms with van der Waals surface area (Å²) in [5.74, 6) is 0.954. The van der Waals surface area contributed by atoms with Crippen LogP contribution in [0.4, 0.5) is 10.2 Å². The van der Waals surface area contributed by atoms with E-state index in [4.69, 9.17) is 0 Å². The quantitative estimate of drug-likeness (QED) is 0.907. The van der Waals surface area contributed by atoms with Crippen molar-refractivity contribution in [3.05, 3.63) is 53.7 Å². The maximum atomic E-state index is 13.1. The van der Waals surface area contributed by atoms with Crippen molar-refractivity contribution in [3.8, 4) is 0 Å². The van der Waals surface area contributed by atoms with Gasteiger partial charge in [-0.3, -0.25) is 4.98 Å². The molecule has 0 aliphatic carbocycles. The van der Waals surface area contributed by atoms with Crippen LogP contribution in [0.25, 0.3) is 0 Å². The molecular weight excluding hydrogens is 267 g/mol. The molecule has 2 aromatic rings. The monoisotopic (exact) mass is 286 g/mol. The van der Waals surface area contributed by atoms with Gasteiger partial charge >= 0.3 is 0 Å². The summed E-state index contributed by atoms with van der Waals surface area (Å²) in [5.41, 5.74) is 1.93. The third-order valence-corrected chi connectivity index (χ3v) is 3.75. The van der Waals surface area contributed by atoms with E-state index >= 15 is 0 Å². The highest BCUT2D eigenvalue weighted by Crippen LogP contribution is 2.21. The molecule has 2 heterocycles. The Balaban J connectivity index is 1.59. The molecule has 1 fully saturated rings. The number of hydrogen-bond donors (Lipinski definition) is 2. The van der Waals surface area contributed by atoms with Gasteiger partial charge in [-0.15, -0.1) is 0 Å². The average molecular weight is 286 g/mol. The number of rotatable bonds is 4. The molecule has 0 saturated carbocycles. The van der Waals surface area contributed by atoms with Gasteiger partial charge in [0.05, 0.1) is 18.1 Å². The molecule has 1 aliphatic heterocycles. The van der Waals surface area contributed by atoms with E-state index in [0.717, 1.165) is 30.8 Å². The van der Waals surface area contributed by atoms with E-state index in [-0.39, 0.29) is 5.82 Å². The Morgan fingerprint density at radius 3 is 2.95 bits per heavy atom. The average Bonchev–Trinajstić information content (AvgIpc) is 2.54. The summed E-state index contributed by atoms with van der Waals surface area (Å²) in [7, 11) is 0. The van der Waals surface area contributed by atoms with E-state index in [9.17, 15) is 4.39 Å². The van der Waals surface area contributed by atoms with Gasteiger partial charge in [-0.2, -0.15) is 0 Å². The van der Waals surface area contributed by atoms with E-state index in [1.165, 1.54) is 18.6 Å². The molecule has 0 radical (unpaired) electrons. The van der Waals surface area contributed by atoms with Crippen LogP contribution < -0.4 is 10.6 Å². The second-order valence-corrected chi connectivity index (χ2v) is 5.35. The predicted octanol–water partition coefficient (Wildman–Crippen LogP) is 2.69. The number of aromatic nitrogens is 2. The van der Waals surface area contributed by atoms with Crippen LogP contribution in [-0.2, 0) is 6.54 Å². The van der Waals surface area contributed by atoms with Crippen molar-refractivity contribution in [1.29, 1.82) is 0 Å². The Kier molecular flexibility index (Phi) is 4.40. The number of benzene rings is 1. The Bertz CT molecular complexity index is 579. The van der Waals surface area contributed by atoms with Crippen LogP contribution in [0.1, 0.15) is 30.0 Å². The van der Waals surface area contributed by atoms with Gasteiger partial charge in [-0.05, 0) is 37.1 Å². The number of halogens is 1. The summed E-state index contributed by atoms with van der Waals surface area (Å²) in [6, 6.07) is 6.54. The molecule has 0 spiro atoms. The van der Waals surface area contributed by atoms with Crippen LogP contribution in [0.3, 0.4) is 0 Å². The molecule has 5 heteroatoms. The SMILES string of the molecule is Fc1cccc(CNc2cnc([C@H]3CCCNC3)cn2)c1. The molecule has 1 atom stereocenters. The van der Waals surface area contributed by atoms with Crippen molar-refractivity contribution in [2.45, 2.75) is 25.3 Å². The van der Waals surface area contributed by atoms with Gasteiger partial charge in [0.25, 0.3) is 0 Å². The van der Waals surface area contributed by atoms with Crippen molar-refractivity contribution in [2.75, 3.05) is 18.4 Å². The lowest BCUT2D eigenvalue weighted by Crippen LogP contribution is -2.28. The number of nitrogens with zero attached hydrogens (tertiary/aromatic N) is 2. The van der Waals surface area contributed by atoms with Crippen LogP contribution in [0.2, 0.25) is 0 Å². The predicted molar refractivity (Wildman–Crippen MR) is 80.6 cm³/mol. The standard InChI is InChI=1S/C16H19FN4/c17-14-5-1-3-12(7-14)8-20-16-11-19-15(10-21-16)13-4-2-6-18-9-13/h1,3,5,7,10-11,13,18H,2,4,6,8-9H2,(H,20,21)/t13-/m0/s1. The summed E-state index contributed by atoms with van der Waals surface area (Å²) in [6.07, 6.45) is 5.94. The van der Waals surface area contributed by atoms with Gasteiger partial charge in [0.15, 0.2) is 0 Å². The highest BCUT2D eigenvalue weighted by Gasteiger charge is 2.16. The van der Waals surface area contributed by atoms with Crippen LogP contribution >= 0.6 is 0 Å². The normalized spacial score (nSPS) is 18.4. The van der Waals surface area contributed by atoms with Crippen molar-refractivity contribution < 1.29 is 4.39 Å². The van der Waals surface area contributed by atoms with Crippen molar-refractivity contribution in [1.82, 2.24) is 15.3 Å². The molecule has 1 aliphatic rings. The van der Waals surface area contributed by atoms with Crippen LogP contribution in [-0.4, -0.2) is 23.1 Å². The third kappa shape index (κ3) is 3.76. The number of piperidine rings is 1. The number of hydrogen-bond acceptors (Lipinski definition) is 4. The van der Waals surface area contributed by atoms with E-state index < -0.39 is 0 Å². The fourth-order valence-electron chi connectivity index (χ4n) is 2.58. The second kappa shape index (κ2) is 6.63. The lowest BCUT2D eigenvalue weighted by molar-refractivity contribution is 0.454. The minimum absolute atomic E-state index is 0.222. The van der Waals surface area contributed by atoms with Gasteiger partial charge < -0.3 is 10.6 Å². The summed E-state index contributed by atoms with van der Waals surface area (Å²) in [4.78, 5) is 8.89. The highest BCUT2D eigenvalue weighted by atomic mass is 19.1. The first-order chi connectivity index (χ1) is 10.3. The zero-order valence-corrected chi connectivity index (χ0v) is 11.8. The molecule has 0 bridgehead atoms. The minimum atomic E-state index is -0.222. The van der Waals surface area contributed by atoms with Crippen LogP contribution in [0, 0.1) is 5.82 Å². The molecule has 21 heavy (non-hydrogen) atoms. The molecule has 1 saturated heterocycles. The zero-order chi connectivity index (χ0) is 14.5. The van der Waals surface area contributed by atoms with Gasteiger partial charge in [0, 0.05) is 19.0 Å². The lowest BCUT2D eigenvalue weighted by Gasteiger charge is -2.21. The van der Waals surface area contributed by atoms with Crippen molar-refractivity contribution >= 4 is 5.82 Å². The molecule has 1 aromatic carbocycles. The van der Waals surface area contributed by atoms with Gasteiger partial charge in [-0.25, -0.2) is 9.37 Å². The summed E-state index contributed by atoms with van der Waals surface area (Å²) < 4.78 is 13.1. The molecule has 1 aromatic heterocycles. The highest BCUT2D eigenvalue weighted by molar-refractivity contribution is 5.33. The molecule has 0 amide bonds. The molecular formula is C16H19FN4. The first-order valence-electron chi connectivity index (χ1n) is 7.32. The largest absolute Gasteiger partial charge is 0.365 e. The lowest BCUT2D eigenvalue weighted by atomic mass is 9.97. The van der Waals surface area contributed by atoms with E-state index in [1.54, 1.807) is 12.3 Å². The van der Waals surface area contributed by atoms with E-state index in [0.29, 0.717) is 18.3 Å². The molecule has 3 rings (SSSR count). The van der Waals surface area contributed by atoms with Gasteiger partial charge in [0.1, 0.15) is 11.6 Å². The third-order valence-electron chi connectivity index (χ3n) is 3.75. The van der Waals surface area contributed by atoms with Crippen LogP contribution in [0.15, 0.2) is 36.7 Å². The summed E-state index contributed by atoms with van der Waals surface area (Å²) >= 11 is 0. The maximum absolute atomic E-state index is 13.1. The Hall–Kier alpha value is -2.01. The number of nitrogens with one attached hydrogen (secondary N) is 2. The topological polar surface area (TPSA) is 49.8 Å². The smallest absolute Gasteiger partial charge is 0.144 e. The molecule has 110 valence electrons. The molecule has 2 N–H and O–H groups in total. The Labute approximate surface area is 123 Å². The summed E-state index contributed by atoms with van der Waals surface area (Å²) in [6.45, 7) is 2.61. The molecule has 0 unspecified atom stereocenters. The first-order valence-corrected chi connectivity index (χ1v) is 7.32. The fourth-order valence-corrected chi connectivity index (χ4v) is 2.58. The number of anilines is 1. The molecule has 4 nitrogen and oxygen atoms in total. The van der Waals surface area contributed by atoms with Gasteiger partial charge in [0.2, 0.25) is 0 Å². The zero-order valence-electron chi connectivity index (χ0n) is 11.8.